The SMILES string of the molecule is CN(C)C[NH+](C)C.[O-][Cl+3]([O-])([O-])[O-]. The average molecular weight is 203 g/mol. The number of quaternary nitrogens is 1. The minimum atomic E-state index is -4.94. The van der Waals surface area contributed by atoms with Gasteiger partial charge in [0, 0.05) is 0 Å². The molecule has 0 spiro atoms. The van der Waals surface area contributed by atoms with E-state index in [-0.39, 0.29) is 0 Å². The van der Waals surface area contributed by atoms with Gasteiger partial charge in [-0.15, -0.1) is 10.2 Å². The maximum Gasteiger partial charge on any atom is 0.132 e. The van der Waals surface area contributed by atoms with Crippen molar-refractivity contribution in [3.05, 3.63) is 0 Å². The molecule has 1 N–H and O–H groups in total. The fourth-order valence-corrected chi connectivity index (χ4v) is 0.632. The molecule has 6 nitrogen and oxygen atoms in total. The summed E-state index contributed by atoms with van der Waals surface area (Å²) in [7, 11) is 3.49. The van der Waals surface area contributed by atoms with E-state index < -0.39 is 10.2 Å². The Balaban J connectivity index is 0. The third-order valence-corrected chi connectivity index (χ3v) is 0.632. The second-order valence-electron chi connectivity index (χ2n) is 2.82. The van der Waals surface area contributed by atoms with Crippen molar-refractivity contribution in [3.8, 4) is 0 Å². The molecule has 76 valence electrons. The minimum Gasteiger partial charge on any atom is -0.327 e. The Kier molecular flexibility index (Phi) is 7.96. The van der Waals surface area contributed by atoms with Crippen LogP contribution in [-0.4, -0.2) is 39.8 Å². The molecule has 0 atom stereocenters. The van der Waals surface area contributed by atoms with Crippen LogP contribution in [0.1, 0.15) is 0 Å². The number of hydrogen-bond donors (Lipinski definition) is 1. The normalized spacial score (nSPS) is 11.5. The summed E-state index contributed by atoms with van der Waals surface area (Å²) in [6, 6.07) is 0. The van der Waals surface area contributed by atoms with Gasteiger partial charge in [-0.1, -0.05) is 0 Å². The molecule has 0 saturated carbocycles. The van der Waals surface area contributed by atoms with Crippen molar-refractivity contribution in [2.45, 2.75) is 0 Å². The van der Waals surface area contributed by atoms with Crippen LogP contribution in [0, 0.1) is 10.2 Å². The standard InChI is InChI=1S/C5H14N2.ClHO4/c1-6(2)5-7(3)4;2-1(3,4)5/h5H2,1-4H3;(H,2,3,4,5). The molecule has 0 aliphatic carbocycles. The Hall–Kier alpha value is 0.0500. The Labute approximate surface area is 74.4 Å². The van der Waals surface area contributed by atoms with E-state index in [9.17, 15) is 0 Å². The van der Waals surface area contributed by atoms with Crippen LogP contribution in [0.5, 0.6) is 0 Å². The third-order valence-electron chi connectivity index (χ3n) is 0.632. The summed E-state index contributed by atoms with van der Waals surface area (Å²) < 4.78 is 34.0. The largest absolute Gasteiger partial charge is 0.327 e. The van der Waals surface area contributed by atoms with Gasteiger partial charge in [0.1, 0.15) is 6.67 Å². The van der Waals surface area contributed by atoms with Crippen molar-refractivity contribution >= 4 is 0 Å². The maximum absolute atomic E-state index is 8.49. The topological polar surface area (TPSA) is 99.9 Å². The fraction of sp³-hybridized carbons (Fsp3) is 1.00. The molecule has 0 saturated heterocycles. The van der Waals surface area contributed by atoms with Crippen molar-refractivity contribution in [3.63, 3.8) is 0 Å². The summed E-state index contributed by atoms with van der Waals surface area (Å²) in [5, 5.41) is 0. The van der Waals surface area contributed by atoms with Crippen LogP contribution in [-0.2, 0) is 0 Å². The number of nitrogens with zero attached hydrogens (tertiary/aromatic N) is 1. The molecule has 0 radical (unpaired) electrons. The average Bonchev–Trinajstić information content (AvgIpc) is 1.52. The van der Waals surface area contributed by atoms with Gasteiger partial charge in [0.05, 0.1) is 14.1 Å². The van der Waals surface area contributed by atoms with Gasteiger partial charge in [0.25, 0.3) is 0 Å². The molecule has 0 aromatic carbocycles. The number of halogens is 1. The summed E-state index contributed by atoms with van der Waals surface area (Å²) in [5.74, 6) is 0. The van der Waals surface area contributed by atoms with Gasteiger partial charge >= 0.3 is 0 Å². The van der Waals surface area contributed by atoms with Crippen molar-refractivity contribution in [2.24, 2.45) is 0 Å². The Morgan fingerprint density at radius 3 is 1.33 bits per heavy atom. The molecule has 0 aliphatic heterocycles. The fourth-order valence-electron chi connectivity index (χ4n) is 0.632. The van der Waals surface area contributed by atoms with E-state index in [0.29, 0.717) is 0 Å². The van der Waals surface area contributed by atoms with Gasteiger partial charge in [0.15, 0.2) is 0 Å². The predicted octanol–water partition coefficient (Wildman–Crippen LogP) is -6.11. The molecule has 0 aromatic rings. The van der Waals surface area contributed by atoms with Crippen LogP contribution in [0.25, 0.3) is 0 Å². The molecule has 12 heavy (non-hydrogen) atoms. The summed E-state index contributed by atoms with van der Waals surface area (Å²) in [5.41, 5.74) is 0. The first-order valence-corrected chi connectivity index (χ1v) is 4.42. The van der Waals surface area contributed by atoms with E-state index in [4.69, 9.17) is 18.6 Å². The van der Waals surface area contributed by atoms with Crippen molar-refractivity contribution < 1.29 is 33.8 Å². The highest BCUT2D eigenvalue weighted by molar-refractivity contribution is 4.18. The smallest absolute Gasteiger partial charge is 0.132 e. The van der Waals surface area contributed by atoms with Gasteiger partial charge < -0.3 is 4.90 Å². The van der Waals surface area contributed by atoms with Crippen LogP contribution in [0.2, 0.25) is 0 Å². The monoisotopic (exact) mass is 202 g/mol. The van der Waals surface area contributed by atoms with E-state index >= 15 is 0 Å². The molecule has 0 amide bonds. The first-order valence-electron chi connectivity index (χ1n) is 3.18. The highest BCUT2D eigenvalue weighted by Gasteiger charge is 1.91. The predicted molar refractivity (Wildman–Crippen MR) is 31.4 cm³/mol. The van der Waals surface area contributed by atoms with Gasteiger partial charge in [0.2, 0.25) is 0 Å². The summed E-state index contributed by atoms with van der Waals surface area (Å²) in [6.07, 6.45) is 0. The zero-order valence-electron chi connectivity index (χ0n) is 7.67. The van der Waals surface area contributed by atoms with Crippen molar-refractivity contribution in [1.82, 2.24) is 4.90 Å². The van der Waals surface area contributed by atoms with Gasteiger partial charge in [-0.3, -0.25) is 4.90 Å². The number of rotatable bonds is 2. The lowest BCUT2D eigenvalue weighted by molar-refractivity contribution is -2.00. The summed E-state index contributed by atoms with van der Waals surface area (Å²) >= 11 is 0. The second kappa shape index (κ2) is 6.55. The molecule has 0 heterocycles. The zero-order chi connectivity index (χ0) is 10.4. The van der Waals surface area contributed by atoms with Crippen LogP contribution < -0.4 is 23.5 Å². The molecule has 0 bridgehead atoms. The quantitative estimate of drug-likeness (QED) is 0.450. The maximum atomic E-state index is 8.49. The van der Waals surface area contributed by atoms with E-state index in [1.54, 1.807) is 0 Å². The first-order chi connectivity index (χ1) is 5.13. The molecule has 7 heteroatoms. The Morgan fingerprint density at radius 2 is 1.33 bits per heavy atom. The lowest BCUT2D eigenvalue weighted by Gasteiger charge is -2.17. The molecule has 0 aromatic heterocycles. The minimum absolute atomic E-state index is 1.11. The van der Waals surface area contributed by atoms with E-state index in [0.717, 1.165) is 6.67 Å². The van der Waals surface area contributed by atoms with Crippen molar-refractivity contribution in [1.29, 1.82) is 0 Å². The van der Waals surface area contributed by atoms with E-state index in [2.05, 4.69) is 33.1 Å². The van der Waals surface area contributed by atoms with Crippen LogP contribution in [0.15, 0.2) is 0 Å². The zero-order valence-corrected chi connectivity index (χ0v) is 8.42. The molecular formula is C5H15ClN2O4. The van der Waals surface area contributed by atoms with Crippen LogP contribution in [0.4, 0.5) is 0 Å². The molecule has 0 rings (SSSR count). The lowest BCUT2D eigenvalue weighted by Crippen LogP contribution is -3.07. The van der Waals surface area contributed by atoms with Crippen LogP contribution in [0.3, 0.4) is 0 Å². The van der Waals surface area contributed by atoms with E-state index in [1.165, 1.54) is 4.90 Å². The third kappa shape index (κ3) is 50.2. The molecule has 0 aliphatic rings. The Morgan fingerprint density at radius 1 is 1.08 bits per heavy atom. The molecular weight excluding hydrogens is 188 g/mol. The highest BCUT2D eigenvalue weighted by atomic mass is 35.7. The van der Waals surface area contributed by atoms with Gasteiger partial charge in [-0.05, 0) is 14.1 Å². The number of nitrogens with one attached hydrogen (secondary N) is 1. The summed E-state index contributed by atoms with van der Waals surface area (Å²) in [4.78, 5) is 3.62. The first kappa shape index (κ1) is 14.6. The highest BCUT2D eigenvalue weighted by Crippen LogP contribution is 1.56. The molecule has 0 fully saturated rings. The van der Waals surface area contributed by atoms with Crippen LogP contribution >= 0.6 is 0 Å². The van der Waals surface area contributed by atoms with Crippen molar-refractivity contribution in [2.75, 3.05) is 34.9 Å². The van der Waals surface area contributed by atoms with Gasteiger partial charge in [-0.25, -0.2) is 18.6 Å². The molecule has 0 unspecified atom stereocenters. The van der Waals surface area contributed by atoms with Gasteiger partial charge in [-0.2, -0.15) is 0 Å². The lowest BCUT2D eigenvalue weighted by atomic mass is 10.8. The van der Waals surface area contributed by atoms with E-state index in [1.807, 2.05) is 0 Å². The Bertz CT molecular complexity index is 92.1. The number of hydrogen-bond acceptors (Lipinski definition) is 5. The second-order valence-corrected chi connectivity index (χ2v) is 3.58. The summed E-state index contributed by atoms with van der Waals surface area (Å²) in [6.45, 7) is 1.11.